The summed E-state index contributed by atoms with van der Waals surface area (Å²) >= 11 is 0. The number of nitrogens with one attached hydrogen (secondary N) is 1. The molecule has 1 saturated carbocycles. The van der Waals surface area contributed by atoms with Gasteiger partial charge in [-0.3, -0.25) is 4.79 Å². The standard InChI is InChI=1S/C4H4F2NO/c5-4(6)1-3(4)7-2-8/h3H,1H2,(H,7,8). The zero-order valence-electron chi connectivity index (χ0n) is 3.95. The van der Waals surface area contributed by atoms with E-state index in [1.54, 1.807) is 0 Å². The first-order chi connectivity index (χ1) is 3.67. The maximum Gasteiger partial charge on any atom is 0.309 e. The molecule has 0 spiro atoms. The van der Waals surface area contributed by atoms with Crippen LogP contribution in [0.2, 0.25) is 0 Å². The second-order valence-electron chi connectivity index (χ2n) is 1.76. The lowest BCUT2D eigenvalue weighted by Crippen LogP contribution is -2.19. The Morgan fingerprint density at radius 2 is 2.25 bits per heavy atom. The van der Waals surface area contributed by atoms with Crippen LogP contribution in [0.15, 0.2) is 0 Å². The molecular weight excluding hydrogens is 116 g/mol. The van der Waals surface area contributed by atoms with E-state index in [2.05, 4.69) is 0 Å². The molecule has 0 aliphatic heterocycles. The van der Waals surface area contributed by atoms with E-state index >= 15 is 0 Å². The minimum Gasteiger partial charge on any atom is -0.339 e. The molecule has 0 heterocycles. The Morgan fingerprint density at radius 1 is 1.75 bits per heavy atom. The van der Waals surface area contributed by atoms with Crippen molar-refractivity contribution in [3.05, 3.63) is 0 Å². The number of rotatable bonds is 2. The average Bonchev–Trinajstić information content (AvgIpc) is 2.15. The lowest BCUT2D eigenvalue weighted by molar-refractivity contribution is 0.109. The SMILES string of the molecule is O=[C]NC1CC1(F)F. The van der Waals surface area contributed by atoms with Gasteiger partial charge in [-0.15, -0.1) is 0 Å². The van der Waals surface area contributed by atoms with Crippen molar-refractivity contribution >= 4 is 6.41 Å². The van der Waals surface area contributed by atoms with E-state index in [-0.39, 0.29) is 6.42 Å². The Labute approximate surface area is 44.9 Å². The summed E-state index contributed by atoms with van der Waals surface area (Å²) in [6.45, 7) is 0. The highest BCUT2D eigenvalue weighted by Gasteiger charge is 2.57. The molecule has 1 fully saturated rings. The average molecular weight is 120 g/mol. The van der Waals surface area contributed by atoms with Crippen LogP contribution in [0.1, 0.15) is 6.42 Å². The molecule has 0 aromatic heterocycles. The summed E-state index contributed by atoms with van der Waals surface area (Å²) in [5, 5.41) is 1.85. The van der Waals surface area contributed by atoms with Crippen LogP contribution in [-0.2, 0) is 4.79 Å². The van der Waals surface area contributed by atoms with Crippen LogP contribution in [0.3, 0.4) is 0 Å². The van der Waals surface area contributed by atoms with Gasteiger partial charge in [-0.2, -0.15) is 0 Å². The van der Waals surface area contributed by atoms with Gasteiger partial charge in [0.1, 0.15) is 0 Å². The van der Waals surface area contributed by atoms with E-state index in [0.717, 1.165) is 0 Å². The molecule has 1 N–H and O–H groups in total. The molecule has 1 radical (unpaired) electrons. The number of halogens is 2. The number of hydrogen-bond acceptors (Lipinski definition) is 1. The van der Waals surface area contributed by atoms with Crippen LogP contribution in [0.4, 0.5) is 8.78 Å². The van der Waals surface area contributed by atoms with Gasteiger partial charge in [0, 0.05) is 6.42 Å². The second kappa shape index (κ2) is 1.40. The molecule has 1 atom stereocenters. The van der Waals surface area contributed by atoms with E-state index < -0.39 is 12.0 Å². The van der Waals surface area contributed by atoms with Crippen molar-refractivity contribution in [1.29, 1.82) is 0 Å². The van der Waals surface area contributed by atoms with Crippen LogP contribution < -0.4 is 5.32 Å². The third-order valence-corrected chi connectivity index (χ3v) is 1.06. The van der Waals surface area contributed by atoms with E-state index in [0.29, 0.717) is 0 Å². The predicted molar refractivity (Wildman–Crippen MR) is 22.2 cm³/mol. The summed E-state index contributed by atoms with van der Waals surface area (Å²) in [5.41, 5.74) is 0. The third-order valence-electron chi connectivity index (χ3n) is 1.06. The van der Waals surface area contributed by atoms with Crippen molar-refractivity contribution < 1.29 is 13.6 Å². The first kappa shape index (κ1) is 5.47. The van der Waals surface area contributed by atoms with Gasteiger partial charge in [0.05, 0.1) is 6.04 Å². The Morgan fingerprint density at radius 3 is 2.38 bits per heavy atom. The number of carbonyl (C=O) groups excluding carboxylic acids is 1. The number of amides is 1. The summed E-state index contributed by atoms with van der Waals surface area (Å²) in [6.07, 6.45) is 0.971. The van der Waals surface area contributed by atoms with Gasteiger partial charge >= 0.3 is 6.41 Å². The van der Waals surface area contributed by atoms with Gasteiger partial charge in [-0.05, 0) is 0 Å². The van der Waals surface area contributed by atoms with Gasteiger partial charge in [-0.25, -0.2) is 8.78 Å². The second-order valence-corrected chi connectivity index (χ2v) is 1.76. The van der Waals surface area contributed by atoms with Crippen molar-refractivity contribution in [2.45, 2.75) is 18.4 Å². The molecule has 1 unspecified atom stereocenters. The molecule has 0 aromatic carbocycles. The topological polar surface area (TPSA) is 29.1 Å². The zero-order valence-corrected chi connectivity index (χ0v) is 3.95. The van der Waals surface area contributed by atoms with E-state index in [9.17, 15) is 13.6 Å². The molecule has 1 amide bonds. The van der Waals surface area contributed by atoms with Crippen molar-refractivity contribution in [2.75, 3.05) is 0 Å². The van der Waals surface area contributed by atoms with Gasteiger partial charge in [-0.1, -0.05) is 0 Å². The van der Waals surface area contributed by atoms with Crippen molar-refractivity contribution in [3.63, 3.8) is 0 Å². The normalized spacial score (nSPS) is 31.5. The number of hydrogen-bond donors (Lipinski definition) is 1. The first-order valence-corrected chi connectivity index (χ1v) is 2.17. The van der Waals surface area contributed by atoms with E-state index in [1.807, 2.05) is 5.32 Å². The van der Waals surface area contributed by atoms with Crippen LogP contribution in [0.5, 0.6) is 0 Å². The van der Waals surface area contributed by atoms with E-state index in [4.69, 9.17) is 0 Å². The molecule has 2 nitrogen and oxygen atoms in total. The fraction of sp³-hybridized carbons (Fsp3) is 0.750. The largest absolute Gasteiger partial charge is 0.339 e. The molecule has 45 valence electrons. The molecule has 1 rings (SSSR count). The zero-order chi connectivity index (χ0) is 6.20. The Kier molecular flexibility index (Phi) is 0.957. The highest BCUT2D eigenvalue weighted by atomic mass is 19.3. The summed E-state index contributed by atoms with van der Waals surface area (Å²) in [7, 11) is 0. The minimum atomic E-state index is -2.66. The van der Waals surface area contributed by atoms with Gasteiger partial charge in [0.15, 0.2) is 0 Å². The molecule has 1 aliphatic rings. The molecule has 8 heavy (non-hydrogen) atoms. The van der Waals surface area contributed by atoms with Crippen LogP contribution in [0, 0.1) is 0 Å². The van der Waals surface area contributed by atoms with Crippen molar-refractivity contribution in [1.82, 2.24) is 5.32 Å². The monoisotopic (exact) mass is 120 g/mol. The molecular formula is C4H4F2NO. The maximum atomic E-state index is 11.7. The first-order valence-electron chi connectivity index (χ1n) is 2.17. The van der Waals surface area contributed by atoms with Crippen LogP contribution >= 0.6 is 0 Å². The predicted octanol–water partition coefficient (Wildman–Crippen LogP) is 0.0508. The van der Waals surface area contributed by atoms with Crippen LogP contribution in [-0.4, -0.2) is 18.4 Å². The van der Waals surface area contributed by atoms with Gasteiger partial charge in [0.2, 0.25) is 0 Å². The smallest absolute Gasteiger partial charge is 0.309 e. The van der Waals surface area contributed by atoms with Gasteiger partial charge in [0.25, 0.3) is 5.92 Å². The third kappa shape index (κ3) is 0.778. The molecule has 0 bridgehead atoms. The quantitative estimate of drug-likeness (QED) is 0.512. The van der Waals surface area contributed by atoms with Crippen molar-refractivity contribution in [3.8, 4) is 0 Å². The summed E-state index contributed by atoms with van der Waals surface area (Å²) < 4.78 is 23.5. The molecule has 4 heteroatoms. The minimum absolute atomic E-state index is 0.234. The van der Waals surface area contributed by atoms with Crippen LogP contribution in [0.25, 0.3) is 0 Å². The molecule has 0 aromatic rings. The highest BCUT2D eigenvalue weighted by Crippen LogP contribution is 2.41. The lowest BCUT2D eigenvalue weighted by atomic mass is 10.7. The summed E-state index contributed by atoms with van der Waals surface area (Å²) in [6, 6.07) is -0.944. The number of alkyl halides is 2. The lowest BCUT2D eigenvalue weighted by Gasteiger charge is -1.89. The van der Waals surface area contributed by atoms with E-state index in [1.165, 1.54) is 6.41 Å². The fourth-order valence-corrected chi connectivity index (χ4v) is 0.441. The Bertz CT molecular complexity index is 115. The molecule has 1 aliphatic carbocycles. The molecule has 0 saturated heterocycles. The summed E-state index contributed by atoms with van der Waals surface area (Å²) in [4.78, 5) is 9.37. The van der Waals surface area contributed by atoms with Gasteiger partial charge < -0.3 is 5.32 Å². The highest BCUT2D eigenvalue weighted by molar-refractivity contribution is 5.49. The van der Waals surface area contributed by atoms with Crippen molar-refractivity contribution in [2.24, 2.45) is 0 Å². The Balaban J connectivity index is 2.26. The summed E-state index contributed by atoms with van der Waals surface area (Å²) in [5.74, 6) is -2.66. The maximum absolute atomic E-state index is 11.7. The fourth-order valence-electron chi connectivity index (χ4n) is 0.441. The Hall–Kier alpha value is -0.670.